The quantitative estimate of drug-likeness (QED) is 0.171. The third-order valence-electron chi connectivity index (χ3n) is 11.6. The Kier molecular flexibility index (Phi) is 7.48. The summed E-state index contributed by atoms with van der Waals surface area (Å²) in [6, 6.07) is 66.5. The second-order valence-electron chi connectivity index (χ2n) is 15.4. The van der Waals surface area contributed by atoms with Crippen molar-refractivity contribution in [3.05, 3.63) is 199 Å². The fourth-order valence-electron chi connectivity index (χ4n) is 8.80. The Morgan fingerprint density at radius 2 is 1.07 bits per heavy atom. The minimum absolute atomic E-state index is 0.161. The monoisotopic (exact) mass is 731 g/mol. The van der Waals surface area contributed by atoms with Gasteiger partial charge < -0.3 is 9.32 Å². The highest BCUT2D eigenvalue weighted by atomic mass is 16.3. The summed E-state index contributed by atoms with van der Waals surface area (Å²) < 4.78 is 6.89. The topological polar surface area (TPSA) is 42.2 Å². The van der Waals surface area contributed by atoms with Crippen LogP contribution in [-0.4, -0.2) is 9.97 Å². The van der Waals surface area contributed by atoms with E-state index in [0.29, 0.717) is 5.82 Å². The van der Waals surface area contributed by atoms with Crippen LogP contribution in [0.15, 0.2) is 192 Å². The molecule has 0 saturated heterocycles. The van der Waals surface area contributed by atoms with Crippen molar-refractivity contribution in [2.24, 2.45) is 0 Å². The predicted octanol–water partition coefficient (Wildman–Crippen LogP) is 14.3. The van der Waals surface area contributed by atoms with Crippen LogP contribution in [0.5, 0.6) is 0 Å². The number of aromatic nitrogens is 2. The minimum Gasteiger partial charge on any atom is -0.456 e. The van der Waals surface area contributed by atoms with Gasteiger partial charge in [0, 0.05) is 38.9 Å². The van der Waals surface area contributed by atoms with Crippen molar-refractivity contribution in [3.63, 3.8) is 0 Å². The Morgan fingerprint density at radius 1 is 0.456 bits per heavy atom. The molecule has 0 amide bonds. The van der Waals surface area contributed by atoms with Crippen LogP contribution in [0.3, 0.4) is 0 Å². The molecule has 57 heavy (non-hydrogen) atoms. The van der Waals surface area contributed by atoms with Crippen molar-refractivity contribution in [1.82, 2.24) is 9.97 Å². The van der Waals surface area contributed by atoms with Gasteiger partial charge in [0.15, 0.2) is 5.82 Å². The Balaban J connectivity index is 1.21. The molecule has 0 radical (unpaired) electrons. The molecule has 10 aromatic rings. The molecule has 0 N–H and O–H groups in total. The maximum Gasteiger partial charge on any atom is 0.160 e. The molecule has 0 unspecified atom stereocenters. The summed E-state index contributed by atoms with van der Waals surface area (Å²) in [5.41, 5.74) is 14.5. The van der Waals surface area contributed by atoms with Gasteiger partial charge in [-0.05, 0) is 87.6 Å². The van der Waals surface area contributed by atoms with Crippen LogP contribution >= 0.6 is 0 Å². The van der Waals surface area contributed by atoms with Crippen molar-refractivity contribution < 1.29 is 4.42 Å². The van der Waals surface area contributed by atoms with E-state index in [9.17, 15) is 0 Å². The van der Waals surface area contributed by atoms with Gasteiger partial charge in [-0.25, -0.2) is 9.97 Å². The lowest BCUT2D eigenvalue weighted by molar-refractivity contribution is 0.660. The standard InChI is InChI=1S/C53H37N3O/c1-53(2)44-25-15-14-24-41(44)42-27-26-40(32-45(42)53)56(39-22-10-5-11-23-39)48-29-38(31-50-51(48)43-28-36-20-12-13-21-37(36)30-49(43)57-50)47-33-46(34-16-6-3-7-17-34)54-52(55-47)35-18-8-4-9-19-35/h3-33H,1-2H3. The Morgan fingerprint density at radius 3 is 1.82 bits per heavy atom. The first kappa shape index (κ1) is 33.1. The molecule has 8 aromatic carbocycles. The lowest BCUT2D eigenvalue weighted by Crippen LogP contribution is -2.16. The molecule has 0 aliphatic heterocycles. The van der Waals surface area contributed by atoms with Gasteiger partial charge in [0.05, 0.1) is 22.5 Å². The second-order valence-corrected chi connectivity index (χ2v) is 15.4. The number of furan rings is 1. The van der Waals surface area contributed by atoms with Crippen LogP contribution in [0, 0.1) is 0 Å². The lowest BCUT2D eigenvalue weighted by Gasteiger charge is -2.29. The summed E-state index contributed by atoms with van der Waals surface area (Å²) in [5.74, 6) is 0.671. The fourth-order valence-corrected chi connectivity index (χ4v) is 8.80. The van der Waals surface area contributed by atoms with E-state index in [0.717, 1.165) is 72.5 Å². The summed E-state index contributed by atoms with van der Waals surface area (Å²) in [5, 5.41) is 4.42. The highest BCUT2D eigenvalue weighted by Crippen LogP contribution is 2.52. The van der Waals surface area contributed by atoms with Gasteiger partial charge in [-0.15, -0.1) is 0 Å². The highest BCUT2D eigenvalue weighted by Gasteiger charge is 2.36. The summed E-state index contributed by atoms with van der Waals surface area (Å²) in [4.78, 5) is 12.8. The van der Waals surface area contributed by atoms with E-state index in [1.54, 1.807) is 0 Å². The zero-order valence-electron chi connectivity index (χ0n) is 31.6. The zero-order valence-corrected chi connectivity index (χ0v) is 31.6. The average Bonchev–Trinajstić information content (AvgIpc) is 3.74. The van der Waals surface area contributed by atoms with Crippen LogP contribution < -0.4 is 4.90 Å². The number of anilines is 3. The van der Waals surface area contributed by atoms with E-state index in [4.69, 9.17) is 14.4 Å². The molecule has 2 aromatic heterocycles. The number of hydrogen-bond donors (Lipinski definition) is 0. The Hall–Kier alpha value is -7.30. The molecule has 1 aliphatic rings. The number of para-hydroxylation sites is 1. The fraction of sp³-hybridized carbons (Fsp3) is 0.0566. The van der Waals surface area contributed by atoms with Gasteiger partial charge in [0.1, 0.15) is 11.2 Å². The number of rotatable bonds is 6. The van der Waals surface area contributed by atoms with Gasteiger partial charge in [-0.3, -0.25) is 0 Å². The van der Waals surface area contributed by atoms with E-state index in [1.807, 2.05) is 24.3 Å². The predicted molar refractivity (Wildman–Crippen MR) is 235 cm³/mol. The van der Waals surface area contributed by atoms with Crippen LogP contribution in [0.1, 0.15) is 25.0 Å². The first-order chi connectivity index (χ1) is 28.0. The van der Waals surface area contributed by atoms with Crippen LogP contribution in [0.4, 0.5) is 17.1 Å². The molecular weight excluding hydrogens is 695 g/mol. The van der Waals surface area contributed by atoms with E-state index >= 15 is 0 Å². The van der Waals surface area contributed by atoms with Crippen molar-refractivity contribution >= 4 is 49.8 Å². The Bertz CT molecular complexity index is 3090. The minimum atomic E-state index is -0.161. The van der Waals surface area contributed by atoms with E-state index in [2.05, 4.69) is 183 Å². The molecule has 1 aliphatic carbocycles. The number of fused-ring (bicyclic) bond motifs is 7. The number of benzene rings is 8. The van der Waals surface area contributed by atoms with Gasteiger partial charge in [0.25, 0.3) is 0 Å². The lowest BCUT2D eigenvalue weighted by atomic mass is 9.82. The molecule has 0 saturated carbocycles. The second kappa shape index (κ2) is 12.9. The van der Waals surface area contributed by atoms with Gasteiger partial charge in [0.2, 0.25) is 0 Å². The largest absolute Gasteiger partial charge is 0.456 e. The molecule has 0 atom stereocenters. The zero-order chi connectivity index (χ0) is 38.1. The highest BCUT2D eigenvalue weighted by molar-refractivity contribution is 6.17. The van der Waals surface area contributed by atoms with Crippen molar-refractivity contribution in [2.75, 3.05) is 4.90 Å². The first-order valence-electron chi connectivity index (χ1n) is 19.5. The summed E-state index contributed by atoms with van der Waals surface area (Å²) in [6.07, 6.45) is 0. The third-order valence-corrected chi connectivity index (χ3v) is 11.6. The van der Waals surface area contributed by atoms with Gasteiger partial charge in [-0.2, -0.15) is 0 Å². The molecule has 2 heterocycles. The summed E-state index contributed by atoms with van der Waals surface area (Å²) in [7, 11) is 0. The molecule has 4 nitrogen and oxygen atoms in total. The maximum absolute atomic E-state index is 6.89. The molecule has 270 valence electrons. The summed E-state index contributed by atoms with van der Waals surface area (Å²) >= 11 is 0. The van der Waals surface area contributed by atoms with Crippen molar-refractivity contribution in [3.8, 4) is 45.0 Å². The molecule has 0 fully saturated rings. The maximum atomic E-state index is 6.89. The Labute approximate surface area is 331 Å². The summed E-state index contributed by atoms with van der Waals surface area (Å²) in [6.45, 7) is 4.68. The van der Waals surface area contributed by atoms with Crippen molar-refractivity contribution in [2.45, 2.75) is 19.3 Å². The van der Waals surface area contributed by atoms with Crippen LogP contribution in [0.25, 0.3) is 77.7 Å². The van der Waals surface area contributed by atoms with Crippen LogP contribution in [0.2, 0.25) is 0 Å². The van der Waals surface area contributed by atoms with Crippen LogP contribution in [-0.2, 0) is 5.41 Å². The van der Waals surface area contributed by atoms with Gasteiger partial charge in [-0.1, -0.05) is 147 Å². The average molecular weight is 732 g/mol. The van der Waals surface area contributed by atoms with Crippen molar-refractivity contribution in [1.29, 1.82) is 0 Å². The first-order valence-corrected chi connectivity index (χ1v) is 19.5. The van der Waals surface area contributed by atoms with Gasteiger partial charge >= 0.3 is 0 Å². The SMILES string of the molecule is CC1(C)c2ccccc2-c2ccc(N(c3ccccc3)c3cc(-c4cc(-c5ccccc5)nc(-c5ccccc5)n4)cc4oc5cc6ccccc6cc5c34)cc21. The smallest absolute Gasteiger partial charge is 0.160 e. The molecule has 0 spiro atoms. The van der Waals surface area contributed by atoms with E-state index < -0.39 is 0 Å². The molecule has 11 rings (SSSR count). The normalized spacial score (nSPS) is 12.9. The molecule has 0 bridgehead atoms. The van der Waals surface area contributed by atoms with E-state index in [1.165, 1.54) is 27.6 Å². The number of hydrogen-bond acceptors (Lipinski definition) is 4. The van der Waals surface area contributed by atoms with E-state index in [-0.39, 0.29) is 5.41 Å². The number of nitrogens with zero attached hydrogens (tertiary/aromatic N) is 3. The molecule has 4 heteroatoms. The third kappa shape index (κ3) is 5.44. The molecular formula is C53H37N3O.